The van der Waals surface area contributed by atoms with Crippen molar-refractivity contribution in [2.24, 2.45) is 0 Å². The van der Waals surface area contributed by atoms with Gasteiger partial charge in [-0.3, -0.25) is 0 Å². The first-order valence-corrected chi connectivity index (χ1v) is 10.3. The molecular weight excluding hydrogens is 396 g/mol. The maximum absolute atomic E-state index is 12.9. The van der Waals surface area contributed by atoms with Crippen molar-refractivity contribution in [2.75, 3.05) is 20.3 Å². The molecule has 0 fully saturated rings. The highest BCUT2D eigenvalue weighted by molar-refractivity contribution is 5.95. The number of nitrogens with one attached hydrogen (secondary N) is 2. The van der Waals surface area contributed by atoms with Crippen molar-refractivity contribution < 1.29 is 23.8 Å². The molecule has 164 valence electrons. The lowest BCUT2D eigenvalue weighted by Crippen LogP contribution is -2.45. The van der Waals surface area contributed by atoms with Crippen molar-refractivity contribution in [3.05, 3.63) is 70.9 Å². The Bertz CT molecular complexity index is 956. The number of allylic oxidation sites excluding steroid dienone is 1. The van der Waals surface area contributed by atoms with Crippen molar-refractivity contribution in [1.29, 1.82) is 0 Å². The number of ether oxygens (including phenoxy) is 3. The number of benzene rings is 2. The summed E-state index contributed by atoms with van der Waals surface area (Å²) in [6.07, 6.45) is 1.48. The molecule has 2 aromatic carbocycles. The maximum atomic E-state index is 12.9. The van der Waals surface area contributed by atoms with Gasteiger partial charge in [0.1, 0.15) is 0 Å². The number of carbonyl (C=O) groups is 2. The highest BCUT2D eigenvalue weighted by atomic mass is 16.5. The first-order valence-electron chi connectivity index (χ1n) is 10.3. The molecule has 0 unspecified atom stereocenters. The minimum Gasteiger partial charge on any atom is -0.493 e. The van der Waals surface area contributed by atoms with Crippen molar-refractivity contribution in [3.63, 3.8) is 0 Å². The normalized spacial score (nSPS) is 15.7. The number of methoxy groups -OCH3 is 1. The Hall–Kier alpha value is -3.48. The molecule has 3 rings (SSSR count). The molecule has 7 nitrogen and oxygen atoms in total. The van der Waals surface area contributed by atoms with E-state index in [1.165, 1.54) is 0 Å². The number of hydrogen-bond acceptors (Lipinski definition) is 5. The molecule has 2 N–H and O–H groups in total. The van der Waals surface area contributed by atoms with Gasteiger partial charge in [0.15, 0.2) is 11.5 Å². The minimum atomic E-state index is -0.660. The second kappa shape index (κ2) is 10.5. The predicted octanol–water partition coefficient (Wildman–Crippen LogP) is 3.90. The molecule has 0 saturated carbocycles. The van der Waals surface area contributed by atoms with Crippen LogP contribution in [0, 0.1) is 0 Å². The standard InChI is InChI=1S/C24H28N2O5/c1-4-13-30-19-11-10-18(15-20(19)29-3)22-21(16(2)25-24(28)26-22)23(27)31-14-12-17-8-6-5-7-9-17/h5-11,15,22H,4,12-14H2,1-3H3,(H2,25,26,28)/t22-/m1/s1. The number of rotatable bonds is 9. The number of urea groups is 1. The second-order valence-corrected chi connectivity index (χ2v) is 7.20. The van der Waals surface area contributed by atoms with Crippen LogP contribution in [0.4, 0.5) is 4.79 Å². The van der Waals surface area contributed by atoms with E-state index in [0.717, 1.165) is 12.0 Å². The van der Waals surface area contributed by atoms with E-state index in [2.05, 4.69) is 10.6 Å². The third-order valence-electron chi connectivity index (χ3n) is 4.94. The summed E-state index contributed by atoms with van der Waals surface area (Å²) in [7, 11) is 1.55. The summed E-state index contributed by atoms with van der Waals surface area (Å²) in [4.78, 5) is 25.0. The van der Waals surface area contributed by atoms with Gasteiger partial charge in [0.25, 0.3) is 0 Å². The van der Waals surface area contributed by atoms with Gasteiger partial charge in [-0.25, -0.2) is 9.59 Å². The number of esters is 1. The third-order valence-corrected chi connectivity index (χ3v) is 4.94. The molecule has 0 bridgehead atoms. The molecule has 0 radical (unpaired) electrons. The fraction of sp³-hybridized carbons (Fsp3) is 0.333. The van der Waals surface area contributed by atoms with E-state index in [9.17, 15) is 9.59 Å². The molecule has 7 heteroatoms. The molecule has 0 saturated heterocycles. The Morgan fingerprint density at radius 3 is 2.55 bits per heavy atom. The van der Waals surface area contributed by atoms with Crippen molar-refractivity contribution >= 4 is 12.0 Å². The van der Waals surface area contributed by atoms with E-state index in [1.54, 1.807) is 26.2 Å². The maximum Gasteiger partial charge on any atom is 0.338 e. The van der Waals surface area contributed by atoms with E-state index in [-0.39, 0.29) is 12.6 Å². The van der Waals surface area contributed by atoms with Crippen molar-refractivity contribution in [1.82, 2.24) is 10.6 Å². The van der Waals surface area contributed by atoms with Gasteiger partial charge in [0.05, 0.1) is 31.9 Å². The van der Waals surface area contributed by atoms with Gasteiger partial charge < -0.3 is 24.8 Å². The van der Waals surface area contributed by atoms with Crippen molar-refractivity contribution in [2.45, 2.75) is 32.7 Å². The molecule has 31 heavy (non-hydrogen) atoms. The summed E-state index contributed by atoms with van der Waals surface area (Å²) >= 11 is 0. The van der Waals surface area contributed by atoms with Crippen LogP contribution in [0.2, 0.25) is 0 Å². The lowest BCUT2D eigenvalue weighted by atomic mass is 9.95. The molecule has 2 aromatic rings. The number of hydrogen-bond donors (Lipinski definition) is 2. The fourth-order valence-electron chi connectivity index (χ4n) is 3.39. The van der Waals surface area contributed by atoms with Crippen LogP contribution in [0.25, 0.3) is 0 Å². The van der Waals surface area contributed by atoms with Crippen LogP contribution in [0.15, 0.2) is 59.8 Å². The van der Waals surface area contributed by atoms with Crippen molar-refractivity contribution in [3.8, 4) is 11.5 Å². The van der Waals surface area contributed by atoms with E-state index in [0.29, 0.717) is 41.4 Å². The van der Waals surface area contributed by atoms with E-state index in [4.69, 9.17) is 14.2 Å². The Morgan fingerprint density at radius 2 is 1.84 bits per heavy atom. The van der Waals surface area contributed by atoms with Crippen LogP contribution in [0.3, 0.4) is 0 Å². The molecule has 2 amide bonds. The third kappa shape index (κ3) is 5.57. The highest BCUT2D eigenvalue weighted by Crippen LogP contribution is 2.34. The molecule has 0 aliphatic carbocycles. The van der Waals surface area contributed by atoms with Crippen LogP contribution in [-0.4, -0.2) is 32.3 Å². The van der Waals surface area contributed by atoms with E-state index < -0.39 is 12.0 Å². The molecule has 1 heterocycles. The van der Waals surface area contributed by atoms with Crippen LogP contribution in [0.1, 0.15) is 37.4 Å². The quantitative estimate of drug-likeness (QED) is 0.597. The molecule has 0 aromatic heterocycles. The predicted molar refractivity (Wildman–Crippen MR) is 117 cm³/mol. The summed E-state index contributed by atoms with van der Waals surface area (Å²) in [5.74, 6) is 0.672. The van der Waals surface area contributed by atoms with Gasteiger partial charge in [0, 0.05) is 12.1 Å². The fourth-order valence-corrected chi connectivity index (χ4v) is 3.39. The van der Waals surface area contributed by atoms with E-state index >= 15 is 0 Å². The molecule has 1 aliphatic heterocycles. The summed E-state index contributed by atoms with van der Waals surface area (Å²) in [6.45, 7) is 4.52. The molecule has 1 atom stereocenters. The van der Waals surface area contributed by atoms with Gasteiger partial charge in [-0.1, -0.05) is 43.3 Å². The van der Waals surface area contributed by atoms with Gasteiger partial charge in [0.2, 0.25) is 0 Å². The van der Waals surface area contributed by atoms with Gasteiger partial charge in [-0.05, 0) is 36.6 Å². The van der Waals surface area contributed by atoms with Crippen LogP contribution < -0.4 is 20.1 Å². The lowest BCUT2D eigenvalue weighted by molar-refractivity contribution is -0.139. The zero-order valence-electron chi connectivity index (χ0n) is 18.1. The van der Waals surface area contributed by atoms with E-state index in [1.807, 2.05) is 43.3 Å². The van der Waals surface area contributed by atoms with Crippen LogP contribution in [0.5, 0.6) is 11.5 Å². The topological polar surface area (TPSA) is 85.9 Å². The number of carbonyl (C=O) groups excluding carboxylic acids is 2. The zero-order valence-corrected chi connectivity index (χ0v) is 18.1. The Morgan fingerprint density at radius 1 is 1.06 bits per heavy atom. The van der Waals surface area contributed by atoms with Gasteiger partial charge in [-0.2, -0.15) is 0 Å². The zero-order chi connectivity index (χ0) is 22.2. The smallest absolute Gasteiger partial charge is 0.338 e. The van der Waals surface area contributed by atoms with Gasteiger partial charge >= 0.3 is 12.0 Å². The monoisotopic (exact) mass is 424 g/mol. The SMILES string of the molecule is CCCOc1ccc([C@H]2NC(=O)NC(C)=C2C(=O)OCCc2ccccc2)cc1OC. The van der Waals surface area contributed by atoms with Crippen LogP contribution >= 0.6 is 0 Å². The molecule has 0 spiro atoms. The Labute approximate surface area is 182 Å². The summed E-state index contributed by atoms with van der Waals surface area (Å²) in [6, 6.07) is 14.1. The summed E-state index contributed by atoms with van der Waals surface area (Å²) in [5, 5.41) is 5.47. The lowest BCUT2D eigenvalue weighted by Gasteiger charge is -2.28. The first-order chi connectivity index (χ1) is 15.0. The summed E-state index contributed by atoms with van der Waals surface area (Å²) < 4.78 is 16.7. The average Bonchev–Trinajstić information content (AvgIpc) is 2.77. The summed E-state index contributed by atoms with van der Waals surface area (Å²) in [5.41, 5.74) is 2.60. The first kappa shape index (κ1) is 22.2. The van der Waals surface area contributed by atoms with Gasteiger partial charge in [-0.15, -0.1) is 0 Å². The second-order valence-electron chi connectivity index (χ2n) is 7.20. The Kier molecular flexibility index (Phi) is 7.54. The Balaban J connectivity index is 1.80. The molecule has 1 aliphatic rings. The average molecular weight is 424 g/mol. The minimum absolute atomic E-state index is 0.243. The number of amides is 2. The largest absolute Gasteiger partial charge is 0.493 e. The molecular formula is C24H28N2O5. The van der Waals surface area contributed by atoms with Crippen LogP contribution in [-0.2, 0) is 16.0 Å². The highest BCUT2D eigenvalue weighted by Gasteiger charge is 2.32.